The largest absolute Gasteiger partial charge is 0.547 e. The number of carbonyl (C=O) groups is 2. The smallest absolute Gasteiger partial charge is 0.534 e. The number of nitrogens with zero attached hydrogens (tertiary/aromatic N) is 1. The SMILES string of the molecule is COC(CN1C(=O)c2c(C(C)C)cc(OS(=O)(=O)C(F)(F)F)cc2S1(=O)=O)(C(=O)[O-])c1ccccc1. The molecule has 3 rings (SSSR count). The molecule has 0 bridgehead atoms. The summed E-state index contributed by atoms with van der Waals surface area (Å²) in [7, 11) is -10.1. The predicted molar refractivity (Wildman–Crippen MR) is 114 cm³/mol. The van der Waals surface area contributed by atoms with Crippen LogP contribution in [0.15, 0.2) is 47.4 Å². The molecule has 0 radical (unpaired) electrons. The number of fused-ring (bicyclic) bond motifs is 1. The summed E-state index contributed by atoms with van der Waals surface area (Å²) >= 11 is 0. The second-order valence-electron chi connectivity index (χ2n) is 8.02. The normalized spacial score (nSPS) is 17.1. The second-order valence-corrected chi connectivity index (χ2v) is 11.4. The first-order chi connectivity index (χ1) is 16.5. The molecule has 1 aliphatic heterocycles. The maximum atomic E-state index is 13.3. The van der Waals surface area contributed by atoms with Crippen molar-refractivity contribution in [1.29, 1.82) is 0 Å². The number of benzene rings is 2. The van der Waals surface area contributed by atoms with E-state index in [0.29, 0.717) is 6.07 Å². The Hall–Kier alpha value is -3.17. The summed E-state index contributed by atoms with van der Waals surface area (Å²) in [6.45, 7) is 1.87. The molecule has 0 fully saturated rings. The van der Waals surface area contributed by atoms with Gasteiger partial charge in [0.15, 0.2) is 5.60 Å². The fourth-order valence-corrected chi connectivity index (χ4v) is 5.75. The van der Waals surface area contributed by atoms with Crippen LogP contribution in [0.4, 0.5) is 13.2 Å². The maximum Gasteiger partial charge on any atom is 0.534 e. The summed E-state index contributed by atoms with van der Waals surface area (Å²) in [5.41, 5.74) is -8.88. The lowest BCUT2D eigenvalue weighted by atomic mass is 9.92. The Bertz CT molecular complexity index is 1420. The van der Waals surface area contributed by atoms with E-state index in [1.165, 1.54) is 38.1 Å². The van der Waals surface area contributed by atoms with E-state index in [0.717, 1.165) is 13.2 Å². The van der Waals surface area contributed by atoms with E-state index in [-0.39, 0.29) is 15.4 Å². The number of aliphatic carboxylic acids is 1. The highest BCUT2D eigenvalue weighted by molar-refractivity contribution is 7.90. The number of amides is 1. The molecule has 1 aliphatic rings. The van der Waals surface area contributed by atoms with Crippen molar-refractivity contribution in [3.05, 3.63) is 59.2 Å². The molecular formula is C21H19F3NO9S2-. The quantitative estimate of drug-likeness (QED) is 0.352. The van der Waals surface area contributed by atoms with Gasteiger partial charge >= 0.3 is 15.6 Å². The van der Waals surface area contributed by atoms with Crippen molar-refractivity contribution in [2.24, 2.45) is 0 Å². The molecule has 10 nitrogen and oxygen atoms in total. The number of ether oxygens (including phenoxy) is 1. The number of hydrogen-bond acceptors (Lipinski definition) is 9. The van der Waals surface area contributed by atoms with E-state index in [1.807, 2.05) is 0 Å². The number of carboxylic acid groups (broad SMARTS) is 1. The Morgan fingerprint density at radius 3 is 2.19 bits per heavy atom. The van der Waals surface area contributed by atoms with Crippen molar-refractivity contribution < 1.29 is 53.6 Å². The lowest BCUT2D eigenvalue weighted by Gasteiger charge is -2.36. The molecule has 0 saturated carbocycles. The van der Waals surface area contributed by atoms with Crippen molar-refractivity contribution >= 4 is 32.0 Å². The molecule has 1 amide bonds. The Labute approximate surface area is 204 Å². The maximum absolute atomic E-state index is 13.3. The fraction of sp³-hybridized carbons (Fsp3) is 0.333. The molecule has 0 saturated heterocycles. The third kappa shape index (κ3) is 4.41. The van der Waals surface area contributed by atoms with Crippen LogP contribution in [0.3, 0.4) is 0 Å². The number of alkyl halides is 3. The zero-order valence-electron chi connectivity index (χ0n) is 18.9. The van der Waals surface area contributed by atoms with Gasteiger partial charge in [-0.3, -0.25) is 4.79 Å². The number of rotatable bonds is 8. The van der Waals surface area contributed by atoms with E-state index in [4.69, 9.17) is 4.74 Å². The van der Waals surface area contributed by atoms with Gasteiger partial charge in [0.05, 0.1) is 18.1 Å². The molecule has 0 spiro atoms. The van der Waals surface area contributed by atoms with Gasteiger partial charge in [0.25, 0.3) is 15.9 Å². The second kappa shape index (κ2) is 9.05. The zero-order valence-corrected chi connectivity index (χ0v) is 20.5. The number of methoxy groups -OCH3 is 1. The van der Waals surface area contributed by atoms with Gasteiger partial charge in [-0.2, -0.15) is 21.6 Å². The monoisotopic (exact) mass is 550 g/mol. The average molecular weight is 551 g/mol. The molecule has 0 aromatic heterocycles. The molecule has 1 unspecified atom stereocenters. The van der Waals surface area contributed by atoms with Crippen LogP contribution in [0.1, 0.15) is 41.3 Å². The van der Waals surface area contributed by atoms with Gasteiger partial charge < -0.3 is 18.8 Å². The summed E-state index contributed by atoms with van der Waals surface area (Å²) in [6, 6.07) is 8.35. The van der Waals surface area contributed by atoms with E-state index < -0.39 is 71.8 Å². The van der Waals surface area contributed by atoms with Gasteiger partial charge in [-0.25, -0.2) is 12.7 Å². The molecule has 2 aromatic rings. The molecule has 15 heteroatoms. The summed E-state index contributed by atoms with van der Waals surface area (Å²) in [4.78, 5) is 24.6. The van der Waals surface area contributed by atoms with Gasteiger partial charge in [-0.15, -0.1) is 0 Å². The predicted octanol–water partition coefficient (Wildman–Crippen LogP) is 1.47. The zero-order chi connectivity index (χ0) is 27.3. The van der Waals surface area contributed by atoms with Gasteiger partial charge in [0.2, 0.25) is 0 Å². The van der Waals surface area contributed by atoms with Crippen LogP contribution in [0.2, 0.25) is 0 Å². The highest BCUT2D eigenvalue weighted by Crippen LogP contribution is 2.41. The van der Waals surface area contributed by atoms with Crippen molar-refractivity contribution in [2.45, 2.75) is 35.8 Å². The van der Waals surface area contributed by atoms with E-state index in [9.17, 15) is 44.7 Å². The first-order valence-corrected chi connectivity index (χ1v) is 12.9. The van der Waals surface area contributed by atoms with Crippen LogP contribution in [0, 0.1) is 0 Å². The minimum absolute atomic E-state index is 0.0455. The molecule has 2 aromatic carbocycles. The Kier molecular flexibility index (Phi) is 6.89. The third-order valence-electron chi connectivity index (χ3n) is 5.51. The van der Waals surface area contributed by atoms with Crippen molar-refractivity contribution in [2.75, 3.05) is 13.7 Å². The van der Waals surface area contributed by atoms with E-state index in [1.54, 1.807) is 6.07 Å². The standard InChI is InChI=1S/C21H20F3NO9S2/c1-12(2)15-9-14(34-36(31,32)21(22,23)24)10-16-17(15)18(26)25(35(16,29)30)11-20(33-3,19(27)28)13-7-5-4-6-8-13/h4-10,12H,11H2,1-3H3,(H,27,28)/p-1. The highest BCUT2D eigenvalue weighted by atomic mass is 32.2. The number of carbonyl (C=O) groups excluding carboxylic acids is 2. The summed E-state index contributed by atoms with van der Waals surface area (Å²) < 4.78 is 97.6. The van der Waals surface area contributed by atoms with Gasteiger partial charge in [-0.1, -0.05) is 44.2 Å². The van der Waals surface area contributed by atoms with Crippen molar-refractivity contribution in [3.8, 4) is 5.75 Å². The van der Waals surface area contributed by atoms with Gasteiger partial charge in [-0.05, 0) is 23.1 Å². The first-order valence-electron chi connectivity index (χ1n) is 10.1. The lowest BCUT2D eigenvalue weighted by molar-refractivity contribution is -0.328. The van der Waals surface area contributed by atoms with Crippen LogP contribution in [-0.4, -0.2) is 52.2 Å². The Balaban J connectivity index is 2.19. The molecule has 196 valence electrons. The van der Waals surface area contributed by atoms with E-state index in [2.05, 4.69) is 4.18 Å². The first kappa shape index (κ1) is 27.4. The van der Waals surface area contributed by atoms with Crippen LogP contribution < -0.4 is 9.29 Å². The summed E-state index contributed by atoms with van der Waals surface area (Å²) in [6.07, 6.45) is 0. The van der Waals surface area contributed by atoms with Crippen LogP contribution in [0.5, 0.6) is 5.75 Å². The van der Waals surface area contributed by atoms with Crippen LogP contribution >= 0.6 is 0 Å². The molecule has 0 N–H and O–H groups in total. The Morgan fingerprint density at radius 1 is 1.14 bits per heavy atom. The number of carboxylic acids is 1. The number of halogens is 3. The number of hydrogen-bond donors (Lipinski definition) is 0. The van der Waals surface area contributed by atoms with Gasteiger partial charge in [0.1, 0.15) is 10.6 Å². The fourth-order valence-electron chi connectivity index (χ4n) is 3.68. The van der Waals surface area contributed by atoms with Crippen LogP contribution in [-0.2, 0) is 35.3 Å². The molecule has 36 heavy (non-hydrogen) atoms. The van der Waals surface area contributed by atoms with Crippen LogP contribution in [0.25, 0.3) is 0 Å². The lowest BCUT2D eigenvalue weighted by Crippen LogP contribution is -2.55. The number of sulfonamides is 1. The summed E-state index contributed by atoms with van der Waals surface area (Å²) in [5.74, 6) is -4.72. The average Bonchev–Trinajstić information content (AvgIpc) is 2.96. The van der Waals surface area contributed by atoms with E-state index >= 15 is 0 Å². The highest BCUT2D eigenvalue weighted by Gasteiger charge is 2.51. The van der Waals surface area contributed by atoms with Crippen molar-refractivity contribution in [3.63, 3.8) is 0 Å². The topological polar surface area (TPSA) is 147 Å². The molecule has 1 atom stereocenters. The van der Waals surface area contributed by atoms with Crippen molar-refractivity contribution in [1.82, 2.24) is 4.31 Å². The molecule has 1 heterocycles. The third-order valence-corrected chi connectivity index (χ3v) is 8.24. The summed E-state index contributed by atoms with van der Waals surface area (Å²) in [5, 5.41) is 12.1. The molecular weight excluding hydrogens is 531 g/mol. The minimum Gasteiger partial charge on any atom is -0.547 e. The van der Waals surface area contributed by atoms with Gasteiger partial charge in [0, 0.05) is 13.2 Å². The minimum atomic E-state index is -6.15. The Morgan fingerprint density at radius 2 is 1.72 bits per heavy atom. The molecule has 0 aliphatic carbocycles.